The topological polar surface area (TPSA) is 56.3 Å². The lowest BCUT2D eigenvalue weighted by atomic mass is 9.48. The van der Waals surface area contributed by atoms with Gasteiger partial charge in [-0.15, -0.1) is 0 Å². The summed E-state index contributed by atoms with van der Waals surface area (Å²) >= 11 is 6.54. The van der Waals surface area contributed by atoms with Crippen molar-refractivity contribution in [3.63, 3.8) is 0 Å². The van der Waals surface area contributed by atoms with E-state index in [0.717, 1.165) is 6.07 Å². The Kier molecular flexibility index (Phi) is 9.00. The fraction of sp³-hybridized carbons (Fsp3) is 0.226. The van der Waals surface area contributed by atoms with Crippen LogP contribution in [-0.2, 0) is 6.18 Å². The third kappa shape index (κ3) is 6.37. The Morgan fingerprint density at radius 2 is 1.79 bits per heavy atom. The van der Waals surface area contributed by atoms with E-state index in [9.17, 15) is 26.3 Å². The second kappa shape index (κ2) is 12.4. The van der Waals surface area contributed by atoms with Gasteiger partial charge in [0.15, 0.2) is 0 Å². The minimum atomic E-state index is -4.93. The minimum Gasteiger partial charge on any atom is -0.374 e. The van der Waals surface area contributed by atoms with Crippen molar-refractivity contribution in [1.29, 1.82) is 0 Å². The van der Waals surface area contributed by atoms with Gasteiger partial charge in [0.2, 0.25) is 0 Å². The maximum atomic E-state index is 14.7. The van der Waals surface area contributed by atoms with Crippen LogP contribution in [0.15, 0.2) is 55.8 Å². The Labute approximate surface area is 276 Å². The van der Waals surface area contributed by atoms with Crippen LogP contribution in [-0.4, -0.2) is 59.0 Å². The number of hydrogen-bond acceptors (Lipinski definition) is 6. The van der Waals surface area contributed by atoms with Gasteiger partial charge in [-0.25, -0.2) is 23.1 Å². The largest absolute Gasteiger partial charge is 0.418 e. The predicted octanol–water partition coefficient (Wildman–Crippen LogP) is 6.77. The van der Waals surface area contributed by atoms with Gasteiger partial charge in [0.05, 0.1) is 52.0 Å². The molecular formula is C31H24B3ClF6N6. The lowest BCUT2D eigenvalue weighted by Crippen LogP contribution is -2.48. The molecule has 1 aliphatic heterocycles. The highest BCUT2D eigenvalue weighted by atomic mass is 35.5. The second-order valence-corrected chi connectivity index (χ2v) is 11.4. The average Bonchev–Trinajstić information content (AvgIpc) is 3.31. The van der Waals surface area contributed by atoms with E-state index in [4.69, 9.17) is 35.1 Å². The van der Waals surface area contributed by atoms with Crippen molar-refractivity contribution in [3.05, 3.63) is 100 Å². The molecule has 16 heteroatoms. The third-order valence-electron chi connectivity index (χ3n) is 7.61. The summed E-state index contributed by atoms with van der Waals surface area (Å²) in [4.78, 5) is 11.0. The first-order valence-corrected chi connectivity index (χ1v) is 14.3. The molecule has 5 rings (SSSR count). The molecule has 0 bridgehead atoms. The molecule has 1 aliphatic rings. The van der Waals surface area contributed by atoms with Crippen molar-refractivity contribution in [2.45, 2.75) is 24.4 Å². The molecule has 0 amide bonds. The number of benzene rings is 3. The van der Waals surface area contributed by atoms with Gasteiger partial charge in [-0.05, 0) is 49.5 Å². The van der Waals surface area contributed by atoms with Gasteiger partial charge in [-0.3, -0.25) is 0 Å². The van der Waals surface area contributed by atoms with Crippen LogP contribution in [0.2, 0.25) is 5.02 Å². The summed E-state index contributed by atoms with van der Waals surface area (Å²) < 4.78 is 85.0. The van der Waals surface area contributed by atoms with Crippen molar-refractivity contribution in [1.82, 2.24) is 15.3 Å². The number of aryl methyl sites for hydroxylation is 1. The first-order valence-electron chi connectivity index (χ1n) is 14.0. The van der Waals surface area contributed by atoms with Crippen molar-refractivity contribution in [3.8, 4) is 0 Å². The third-order valence-corrected chi connectivity index (χ3v) is 7.95. The number of anilines is 4. The van der Waals surface area contributed by atoms with Crippen LogP contribution in [0, 0.1) is 18.6 Å². The zero-order valence-corrected chi connectivity index (χ0v) is 25.9. The molecular weight excluding hydrogens is 638 g/mol. The van der Waals surface area contributed by atoms with Gasteiger partial charge in [-0.2, -0.15) is 13.2 Å². The molecule has 1 unspecified atom stereocenters. The Bertz CT molecular complexity index is 1920. The van der Waals surface area contributed by atoms with Gasteiger partial charge < -0.3 is 20.4 Å². The Hall–Kier alpha value is -4.26. The van der Waals surface area contributed by atoms with Crippen molar-refractivity contribution < 1.29 is 26.3 Å². The number of nitrogens with zero attached hydrogens (tertiary/aromatic N) is 4. The van der Waals surface area contributed by atoms with Gasteiger partial charge in [0, 0.05) is 52.1 Å². The predicted molar refractivity (Wildman–Crippen MR) is 176 cm³/mol. The van der Waals surface area contributed by atoms with E-state index in [1.54, 1.807) is 7.05 Å². The summed E-state index contributed by atoms with van der Waals surface area (Å²) in [5.74, 6) is -2.01. The van der Waals surface area contributed by atoms with E-state index in [-0.39, 0.29) is 56.9 Å². The number of fused-ring (bicyclic) bond motifs is 2. The highest BCUT2D eigenvalue weighted by Gasteiger charge is 2.39. The highest BCUT2D eigenvalue weighted by molar-refractivity contribution is 6.61. The first-order chi connectivity index (χ1) is 22.0. The molecule has 0 saturated heterocycles. The monoisotopic (exact) mass is 662 g/mol. The quantitative estimate of drug-likeness (QED) is 0.153. The molecule has 2 N–H and O–H groups in total. The first kappa shape index (κ1) is 34.1. The van der Waals surface area contributed by atoms with Gasteiger partial charge in [0.25, 0.3) is 0 Å². The number of hydrogen-bond donors (Lipinski definition) is 2. The summed E-state index contributed by atoms with van der Waals surface area (Å²) in [7, 11) is 20.0. The van der Waals surface area contributed by atoms with E-state index in [2.05, 4.69) is 33.8 Å². The molecule has 3 aromatic carbocycles. The van der Waals surface area contributed by atoms with Crippen molar-refractivity contribution >= 4 is 74.6 Å². The molecule has 1 aromatic heterocycles. The van der Waals surface area contributed by atoms with Crippen molar-refractivity contribution in [2.75, 3.05) is 35.4 Å². The molecule has 47 heavy (non-hydrogen) atoms. The normalized spacial score (nSPS) is 14.6. The maximum Gasteiger partial charge on any atom is 0.418 e. The molecule has 0 fully saturated rings. The van der Waals surface area contributed by atoms with E-state index in [1.165, 1.54) is 47.2 Å². The van der Waals surface area contributed by atoms with E-state index >= 15 is 0 Å². The molecule has 4 aromatic rings. The molecule has 2 heterocycles. The van der Waals surface area contributed by atoms with E-state index < -0.39 is 46.8 Å². The number of halogens is 7. The Morgan fingerprint density at radius 1 is 1.09 bits per heavy atom. The summed E-state index contributed by atoms with van der Waals surface area (Å²) in [6.45, 7) is 8.40. The van der Waals surface area contributed by atoms with Crippen LogP contribution in [0.25, 0.3) is 16.6 Å². The minimum absolute atomic E-state index is 0.0515. The van der Waals surface area contributed by atoms with Crippen LogP contribution in [0.1, 0.15) is 34.1 Å². The molecule has 236 valence electrons. The summed E-state index contributed by atoms with van der Waals surface area (Å²) in [6, 6.07) is 5.56. The highest BCUT2D eigenvalue weighted by Crippen LogP contribution is 2.52. The van der Waals surface area contributed by atoms with Gasteiger partial charge in [-0.1, -0.05) is 30.0 Å². The maximum absolute atomic E-state index is 14.7. The number of aromatic nitrogens is 2. The summed E-state index contributed by atoms with van der Waals surface area (Å²) in [5.41, 5.74) is 0.0164. The molecule has 0 saturated carbocycles. The van der Waals surface area contributed by atoms with E-state index in [0.29, 0.717) is 17.2 Å². The molecule has 6 radical (unpaired) electrons. The summed E-state index contributed by atoms with van der Waals surface area (Å²) in [6.07, 6.45) is -3.67. The van der Waals surface area contributed by atoms with Crippen LogP contribution < -0.4 is 20.4 Å². The average molecular weight is 662 g/mol. The van der Waals surface area contributed by atoms with Crippen LogP contribution in [0.5, 0.6) is 0 Å². The second-order valence-electron chi connectivity index (χ2n) is 10.9. The summed E-state index contributed by atoms with van der Waals surface area (Å²) in [5, 5.41) is 4.08. The molecule has 0 aliphatic carbocycles. The zero-order chi connectivity index (χ0) is 34.6. The number of alkyl halides is 4. The Morgan fingerprint density at radius 3 is 2.40 bits per heavy atom. The van der Waals surface area contributed by atoms with Crippen molar-refractivity contribution in [2.24, 2.45) is 0 Å². The van der Waals surface area contributed by atoms with Gasteiger partial charge in [0.1, 0.15) is 30.0 Å². The fourth-order valence-electron chi connectivity index (χ4n) is 5.64. The number of nitrogens with one attached hydrogen (secondary N) is 2. The SMILES string of the molecule is [B]C([B])([B])N(C=C)c1c(N(C)CCF)cc(Nc2nc(C)nc3c(C(F)(F)F)cc(F)cc23)c2c1C(=C)NC2c1cc(F)ccc1Cl. The number of rotatable bonds is 9. The van der Waals surface area contributed by atoms with Crippen LogP contribution >= 0.6 is 11.6 Å². The zero-order valence-electron chi connectivity index (χ0n) is 25.1. The van der Waals surface area contributed by atoms with Gasteiger partial charge >= 0.3 is 6.18 Å². The van der Waals surface area contributed by atoms with Crippen LogP contribution in [0.4, 0.5) is 49.2 Å². The smallest absolute Gasteiger partial charge is 0.374 e. The molecule has 1 atom stereocenters. The molecule has 6 nitrogen and oxygen atoms in total. The standard InChI is InChI=1S/C31H24B3ClF6N6/c1-5-47(31(32,33)34)28-23(46(4)9-8-36)13-22(25-24(28)14(2)42-27(25)18-10-16(37)6-7-21(18)35)45-29-19-11-17(38)12-20(30(39,40)41)26(19)43-15(3)44-29/h5-7,10-13,27,42H,1-2,8-9H2,3-4H3,(H,43,44,45). The molecule has 0 spiro atoms. The lowest BCUT2D eigenvalue weighted by Gasteiger charge is -2.40. The lowest BCUT2D eigenvalue weighted by molar-refractivity contribution is -0.136. The van der Waals surface area contributed by atoms with E-state index in [1.807, 2.05) is 0 Å². The fourth-order valence-corrected chi connectivity index (χ4v) is 5.87. The van der Waals surface area contributed by atoms with Crippen LogP contribution in [0.3, 0.4) is 0 Å². The Balaban J connectivity index is 1.89.